The van der Waals surface area contributed by atoms with E-state index in [1.54, 1.807) is 48.5 Å². The molecule has 0 fully saturated rings. The largest absolute Gasteiger partial charge is 0.507 e. The topological polar surface area (TPSA) is 84.9 Å². The molecule has 11 heteroatoms. The predicted octanol–water partition coefficient (Wildman–Crippen LogP) is 9.80. The lowest BCUT2D eigenvalue weighted by molar-refractivity contribution is 0.477. The lowest BCUT2D eigenvalue weighted by Crippen LogP contribution is -1.92. The number of hydrogen-bond donors (Lipinski definition) is 1. The van der Waals surface area contributed by atoms with Crippen molar-refractivity contribution >= 4 is 102 Å². The van der Waals surface area contributed by atoms with Gasteiger partial charge in [-0.1, -0.05) is 58.0 Å². The molecule has 3 heterocycles. The molecular weight excluding hydrogens is 602 g/mol. The van der Waals surface area contributed by atoms with Crippen LogP contribution in [0.1, 0.15) is 0 Å². The molecule has 6 nitrogen and oxygen atoms in total. The molecule has 0 bridgehead atoms. The van der Waals surface area contributed by atoms with Crippen molar-refractivity contribution in [2.45, 2.75) is 0 Å². The van der Waals surface area contributed by atoms with Crippen LogP contribution in [0.4, 0.5) is 0 Å². The van der Waals surface area contributed by atoms with Crippen LogP contribution in [0, 0.1) is 0 Å². The summed E-state index contributed by atoms with van der Waals surface area (Å²) in [7, 11) is 0. The second kappa shape index (κ2) is 10.3. The molecule has 0 atom stereocenters. The lowest BCUT2D eigenvalue weighted by atomic mass is 10.1. The molecule has 0 saturated heterocycles. The molecule has 0 amide bonds. The van der Waals surface area contributed by atoms with Crippen molar-refractivity contribution in [2.75, 3.05) is 0 Å². The van der Waals surface area contributed by atoms with Gasteiger partial charge in [-0.2, -0.15) is 0 Å². The Balaban J connectivity index is 0.000000142. The molecule has 0 aliphatic rings. The average Bonchev–Trinajstić information content (AvgIpc) is 3.25. The van der Waals surface area contributed by atoms with Crippen LogP contribution in [0.25, 0.3) is 55.5 Å². The Hall–Kier alpha value is -3.39. The minimum Gasteiger partial charge on any atom is -0.507 e. The van der Waals surface area contributed by atoms with Crippen LogP contribution < -0.4 is 0 Å². The quantitative estimate of drug-likeness (QED) is 0.198. The molecule has 4 aromatic carbocycles. The highest BCUT2D eigenvalue weighted by Gasteiger charge is 2.14. The van der Waals surface area contributed by atoms with Gasteiger partial charge in [0, 0.05) is 25.7 Å². The van der Waals surface area contributed by atoms with Gasteiger partial charge in [-0.3, -0.25) is 0 Å². The summed E-state index contributed by atoms with van der Waals surface area (Å²) in [5, 5.41) is 13.3. The minimum absolute atomic E-state index is 0.0342. The maximum Gasteiger partial charge on any atom is 0.246 e. The van der Waals surface area contributed by atoms with Crippen LogP contribution in [0.5, 0.6) is 5.75 Å². The highest BCUT2D eigenvalue weighted by Crippen LogP contribution is 2.35. The van der Waals surface area contributed by atoms with E-state index >= 15 is 0 Å². The summed E-state index contributed by atoms with van der Waals surface area (Å²) in [5.41, 5.74) is 5.43. The van der Waals surface area contributed by atoms with Gasteiger partial charge in [0.05, 0.1) is 27.5 Å². The number of aromatic hydroxyl groups is 1. The van der Waals surface area contributed by atoms with Crippen LogP contribution in [-0.4, -0.2) is 25.0 Å². The third-order valence-corrected chi connectivity index (χ3v) is 7.00. The third-order valence-electron chi connectivity index (χ3n) is 5.80. The van der Waals surface area contributed by atoms with E-state index in [0.29, 0.717) is 53.6 Å². The number of phenols is 1. The Labute approximate surface area is 245 Å². The van der Waals surface area contributed by atoms with Gasteiger partial charge in [0.1, 0.15) is 22.5 Å². The number of fused-ring (bicyclic) bond motifs is 5. The summed E-state index contributed by atoms with van der Waals surface area (Å²) in [6.07, 6.45) is 0. The molecule has 7 rings (SSSR count). The zero-order valence-corrected chi connectivity index (χ0v) is 23.2. The fraction of sp³-hybridized carbons (Fsp3) is 0. The van der Waals surface area contributed by atoms with E-state index in [4.69, 9.17) is 62.4 Å². The molecule has 192 valence electrons. The number of halogens is 5. The van der Waals surface area contributed by atoms with Crippen LogP contribution >= 0.6 is 58.0 Å². The Morgan fingerprint density at radius 3 is 1.90 bits per heavy atom. The van der Waals surface area contributed by atoms with Gasteiger partial charge in [0.15, 0.2) is 5.15 Å². The highest BCUT2D eigenvalue weighted by atomic mass is 35.5. The van der Waals surface area contributed by atoms with E-state index in [1.165, 1.54) is 6.07 Å². The first-order chi connectivity index (χ1) is 18.7. The van der Waals surface area contributed by atoms with E-state index < -0.39 is 0 Å². The molecular formula is C28H13Cl5N4O2. The Kier molecular flexibility index (Phi) is 6.83. The van der Waals surface area contributed by atoms with Gasteiger partial charge < -0.3 is 9.52 Å². The SMILES string of the molecule is Clc1ccc2nc3oc4ccc(Cl)cc4c3nc2c1.Oc1ccc(Cl)cc1-c1nc2cc(Cl)ccc2nc1Cl. The van der Waals surface area contributed by atoms with Crippen molar-refractivity contribution in [1.82, 2.24) is 19.9 Å². The number of aromatic nitrogens is 4. The van der Waals surface area contributed by atoms with Crippen LogP contribution in [0.15, 0.2) is 77.2 Å². The summed E-state index contributed by atoms with van der Waals surface area (Å²) in [5.74, 6) is 0.0342. The van der Waals surface area contributed by atoms with E-state index in [2.05, 4.69) is 19.9 Å². The maximum atomic E-state index is 9.93. The summed E-state index contributed by atoms with van der Waals surface area (Å²) < 4.78 is 5.68. The van der Waals surface area contributed by atoms with Crippen molar-refractivity contribution in [2.24, 2.45) is 0 Å². The summed E-state index contributed by atoms with van der Waals surface area (Å²) >= 11 is 30.0. The standard InChI is InChI=1S/C14H7Cl3N2O.C14H6Cl2N2O/c15-7-2-4-12(20)9(5-7)13-14(17)19-10-3-1-8(16)6-11(10)18-13;15-7-2-4-12-9(5-7)13-14(19-12)18-10-3-1-8(16)6-11(10)17-13/h1-6,20H;1-6H. The van der Waals surface area contributed by atoms with Crippen LogP contribution in [0.2, 0.25) is 25.2 Å². The van der Waals surface area contributed by atoms with E-state index in [9.17, 15) is 5.11 Å². The molecule has 0 saturated carbocycles. The number of hydrogen-bond acceptors (Lipinski definition) is 6. The van der Waals surface area contributed by atoms with Crippen molar-refractivity contribution in [3.63, 3.8) is 0 Å². The summed E-state index contributed by atoms with van der Waals surface area (Å²) in [6.45, 7) is 0. The molecule has 7 aromatic rings. The molecule has 0 unspecified atom stereocenters. The zero-order valence-electron chi connectivity index (χ0n) is 19.5. The van der Waals surface area contributed by atoms with Crippen LogP contribution in [-0.2, 0) is 0 Å². The second-order valence-corrected chi connectivity index (χ2v) is 10.5. The Morgan fingerprint density at radius 2 is 1.15 bits per heavy atom. The molecule has 3 aromatic heterocycles. The van der Waals surface area contributed by atoms with Crippen molar-refractivity contribution in [3.8, 4) is 17.0 Å². The Bertz CT molecular complexity index is 2060. The maximum absolute atomic E-state index is 9.93. The minimum atomic E-state index is 0.0342. The Morgan fingerprint density at radius 1 is 0.564 bits per heavy atom. The van der Waals surface area contributed by atoms with E-state index in [-0.39, 0.29) is 10.9 Å². The fourth-order valence-corrected chi connectivity index (χ4v) is 4.93. The van der Waals surface area contributed by atoms with Crippen molar-refractivity contribution in [1.29, 1.82) is 0 Å². The van der Waals surface area contributed by atoms with Gasteiger partial charge in [0.25, 0.3) is 0 Å². The molecule has 1 N–H and O–H groups in total. The average molecular weight is 615 g/mol. The lowest BCUT2D eigenvalue weighted by Gasteiger charge is -2.08. The highest BCUT2D eigenvalue weighted by molar-refractivity contribution is 6.34. The summed E-state index contributed by atoms with van der Waals surface area (Å²) in [4.78, 5) is 17.7. The van der Waals surface area contributed by atoms with E-state index in [1.807, 2.05) is 18.2 Å². The molecule has 0 aliphatic carbocycles. The van der Waals surface area contributed by atoms with Gasteiger partial charge in [-0.25, -0.2) is 19.9 Å². The zero-order chi connectivity index (χ0) is 27.3. The van der Waals surface area contributed by atoms with E-state index in [0.717, 1.165) is 22.0 Å². The second-order valence-electron chi connectivity index (χ2n) is 8.41. The number of phenolic OH excluding ortho intramolecular Hbond substituents is 1. The number of nitrogens with zero attached hydrogens (tertiary/aromatic N) is 4. The first kappa shape index (κ1) is 25.9. The first-order valence-corrected chi connectivity index (χ1v) is 13.2. The van der Waals surface area contributed by atoms with Crippen molar-refractivity contribution < 1.29 is 9.52 Å². The normalized spacial score (nSPS) is 11.3. The van der Waals surface area contributed by atoms with Gasteiger partial charge in [-0.15, -0.1) is 0 Å². The molecule has 0 radical (unpaired) electrons. The first-order valence-electron chi connectivity index (χ1n) is 11.3. The molecule has 39 heavy (non-hydrogen) atoms. The number of rotatable bonds is 1. The van der Waals surface area contributed by atoms with Crippen molar-refractivity contribution in [3.05, 3.63) is 98.0 Å². The summed E-state index contributed by atoms with van der Waals surface area (Å²) in [6, 6.07) is 20.6. The third kappa shape index (κ3) is 5.14. The van der Waals surface area contributed by atoms with Crippen LogP contribution in [0.3, 0.4) is 0 Å². The van der Waals surface area contributed by atoms with Gasteiger partial charge in [0.2, 0.25) is 5.71 Å². The predicted molar refractivity (Wildman–Crippen MR) is 159 cm³/mol. The number of furan rings is 1. The van der Waals surface area contributed by atoms with Gasteiger partial charge >= 0.3 is 0 Å². The smallest absolute Gasteiger partial charge is 0.246 e. The monoisotopic (exact) mass is 612 g/mol. The number of benzene rings is 4. The molecule has 0 spiro atoms. The molecule has 0 aliphatic heterocycles. The fourth-order valence-electron chi connectivity index (χ4n) is 4.01. The van der Waals surface area contributed by atoms with Gasteiger partial charge in [-0.05, 0) is 72.8 Å².